The van der Waals surface area contributed by atoms with Gasteiger partial charge in [0.1, 0.15) is 5.82 Å². The van der Waals surface area contributed by atoms with E-state index in [1.807, 2.05) is 27.7 Å². The van der Waals surface area contributed by atoms with Crippen LogP contribution in [-0.4, -0.2) is 27.4 Å². The summed E-state index contributed by atoms with van der Waals surface area (Å²) in [6.07, 6.45) is -0.770. The Bertz CT molecular complexity index is 586. The number of aromatic amines is 1. The van der Waals surface area contributed by atoms with Crippen molar-refractivity contribution in [3.63, 3.8) is 0 Å². The third-order valence-electron chi connectivity index (χ3n) is 3.02. The molecule has 5 heteroatoms. The van der Waals surface area contributed by atoms with Crippen molar-refractivity contribution in [2.24, 2.45) is 0 Å². The molecule has 3 N–H and O–H groups in total. The summed E-state index contributed by atoms with van der Waals surface area (Å²) in [5, 5.41) is 21.1. The van der Waals surface area contributed by atoms with Gasteiger partial charge in [0, 0.05) is 29.2 Å². The molecular weight excluding hydrogens is 245 g/mol. The molecule has 19 heavy (non-hydrogen) atoms. The lowest BCUT2D eigenvalue weighted by atomic mass is 10.0. The lowest BCUT2D eigenvalue weighted by Gasteiger charge is -2.23. The van der Waals surface area contributed by atoms with E-state index >= 15 is 0 Å². The van der Waals surface area contributed by atoms with Gasteiger partial charge in [-0.1, -0.05) is 0 Å². The standard InChI is InChI=1S/C14H20FN3O/c1-8-13-10(12(19)7-16-14(2,3)4)5-9(15)6-11(13)18-17-8/h5-6,12,16,19H,7H2,1-4H3,(H,17,18)/t12-/m0/s1. The van der Waals surface area contributed by atoms with E-state index in [1.54, 1.807) is 0 Å². The maximum Gasteiger partial charge on any atom is 0.125 e. The zero-order valence-corrected chi connectivity index (χ0v) is 11.7. The first-order valence-electron chi connectivity index (χ1n) is 6.35. The van der Waals surface area contributed by atoms with Crippen LogP contribution in [-0.2, 0) is 0 Å². The number of aliphatic hydroxyl groups is 1. The maximum absolute atomic E-state index is 13.6. The minimum Gasteiger partial charge on any atom is -0.387 e. The van der Waals surface area contributed by atoms with Crippen LogP contribution in [0.3, 0.4) is 0 Å². The predicted molar refractivity (Wildman–Crippen MR) is 73.5 cm³/mol. The molecule has 2 rings (SSSR count). The molecule has 1 atom stereocenters. The van der Waals surface area contributed by atoms with Crippen molar-refractivity contribution in [3.8, 4) is 0 Å². The first-order valence-corrected chi connectivity index (χ1v) is 6.35. The van der Waals surface area contributed by atoms with Crippen LogP contribution in [0.25, 0.3) is 10.9 Å². The number of aromatic nitrogens is 2. The van der Waals surface area contributed by atoms with Crippen LogP contribution in [0.2, 0.25) is 0 Å². The fraction of sp³-hybridized carbons (Fsp3) is 0.500. The van der Waals surface area contributed by atoms with Gasteiger partial charge in [-0.3, -0.25) is 5.10 Å². The summed E-state index contributed by atoms with van der Waals surface area (Å²) >= 11 is 0. The molecule has 1 heterocycles. The zero-order chi connectivity index (χ0) is 14.2. The van der Waals surface area contributed by atoms with E-state index < -0.39 is 6.10 Å². The molecule has 0 bridgehead atoms. The molecule has 2 aromatic rings. The summed E-state index contributed by atoms with van der Waals surface area (Å²) < 4.78 is 13.6. The molecule has 0 aliphatic rings. The van der Waals surface area contributed by atoms with Gasteiger partial charge in [-0.2, -0.15) is 5.10 Å². The SMILES string of the molecule is Cc1[nH]nc2cc(F)cc([C@@H](O)CNC(C)(C)C)c12. The second-order valence-corrected chi connectivity index (χ2v) is 5.88. The number of aryl methyl sites for hydroxylation is 1. The average Bonchev–Trinajstić information content (AvgIpc) is 2.66. The first-order chi connectivity index (χ1) is 8.78. The fourth-order valence-corrected chi connectivity index (χ4v) is 2.09. The van der Waals surface area contributed by atoms with Crippen molar-refractivity contribution in [2.75, 3.05) is 6.54 Å². The number of nitrogens with zero attached hydrogens (tertiary/aromatic N) is 1. The van der Waals surface area contributed by atoms with Crippen LogP contribution in [0, 0.1) is 12.7 Å². The zero-order valence-electron chi connectivity index (χ0n) is 11.7. The monoisotopic (exact) mass is 265 g/mol. The Balaban J connectivity index is 2.35. The number of H-pyrrole nitrogens is 1. The van der Waals surface area contributed by atoms with Gasteiger partial charge in [-0.05, 0) is 39.3 Å². The van der Waals surface area contributed by atoms with Gasteiger partial charge < -0.3 is 10.4 Å². The Hall–Kier alpha value is -1.46. The summed E-state index contributed by atoms with van der Waals surface area (Å²) in [6.45, 7) is 8.28. The number of benzene rings is 1. The van der Waals surface area contributed by atoms with E-state index in [0.29, 0.717) is 17.6 Å². The molecule has 0 aliphatic carbocycles. The van der Waals surface area contributed by atoms with E-state index in [-0.39, 0.29) is 11.4 Å². The van der Waals surface area contributed by atoms with Crippen molar-refractivity contribution in [2.45, 2.75) is 39.3 Å². The molecule has 1 aromatic carbocycles. The summed E-state index contributed by atoms with van der Waals surface area (Å²) in [4.78, 5) is 0. The number of halogens is 1. The van der Waals surface area contributed by atoms with Crippen molar-refractivity contribution in [1.29, 1.82) is 0 Å². The van der Waals surface area contributed by atoms with Crippen LogP contribution < -0.4 is 5.32 Å². The van der Waals surface area contributed by atoms with Gasteiger partial charge in [0.15, 0.2) is 0 Å². The molecule has 0 spiro atoms. The molecule has 0 aliphatic heterocycles. The van der Waals surface area contributed by atoms with Crippen LogP contribution in [0.15, 0.2) is 12.1 Å². The number of hydrogen-bond acceptors (Lipinski definition) is 3. The summed E-state index contributed by atoms with van der Waals surface area (Å²) in [5.74, 6) is -0.385. The molecule has 0 radical (unpaired) electrons. The number of β-amino-alcohol motifs (C(OH)–C–C–N with tert-alkyl or cyclic N) is 1. The van der Waals surface area contributed by atoms with Gasteiger partial charge in [0.25, 0.3) is 0 Å². The van der Waals surface area contributed by atoms with Crippen LogP contribution in [0.1, 0.15) is 38.1 Å². The maximum atomic E-state index is 13.6. The van der Waals surface area contributed by atoms with E-state index in [0.717, 1.165) is 11.1 Å². The summed E-state index contributed by atoms with van der Waals surface area (Å²) in [6, 6.07) is 2.74. The molecule has 0 unspecified atom stereocenters. The second kappa shape index (κ2) is 4.90. The Morgan fingerprint density at radius 1 is 1.42 bits per heavy atom. The van der Waals surface area contributed by atoms with Crippen LogP contribution in [0.4, 0.5) is 4.39 Å². The molecular formula is C14H20FN3O. The van der Waals surface area contributed by atoms with Crippen molar-refractivity contribution >= 4 is 10.9 Å². The van der Waals surface area contributed by atoms with Gasteiger partial charge >= 0.3 is 0 Å². The molecule has 0 saturated carbocycles. The highest BCUT2D eigenvalue weighted by Gasteiger charge is 2.18. The Kier molecular flexibility index (Phi) is 3.60. The third kappa shape index (κ3) is 3.11. The summed E-state index contributed by atoms with van der Waals surface area (Å²) in [7, 11) is 0. The number of hydrogen-bond donors (Lipinski definition) is 3. The minimum absolute atomic E-state index is 0.0984. The molecule has 1 aromatic heterocycles. The van der Waals surface area contributed by atoms with E-state index in [2.05, 4.69) is 15.5 Å². The van der Waals surface area contributed by atoms with Gasteiger partial charge in [0.05, 0.1) is 11.6 Å². The van der Waals surface area contributed by atoms with E-state index in [1.165, 1.54) is 12.1 Å². The molecule has 104 valence electrons. The Morgan fingerprint density at radius 3 is 2.74 bits per heavy atom. The lowest BCUT2D eigenvalue weighted by molar-refractivity contribution is 0.164. The number of aliphatic hydroxyl groups excluding tert-OH is 1. The lowest BCUT2D eigenvalue weighted by Crippen LogP contribution is -2.38. The highest BCUT2D eigenvalue weighted by molar-refractivity contribution is 5.85. The van der Waals surface area contributed by atoms with Gasteiger partial charge in [-0.25, -0.2) is 4.39 Å². The van der Waals surface area contributed by atoms with Crippen molar-refractivity contribution in [1.82, 2.24) is 15.5 Å². The highest BCUT2D eigenvalue weighted by Crippen LogP contribution is 2.27. The number of nitrogens with one attached hydrogen (secondary N) is 2. The first kappa shape index (κ1) is 14.0. The third-order valence-corrected chi connectivity index (χ3v) is 3.02. The Morgan fingerprint density at radius 2 is 2.11 bits per heavy atom. The molecule has 0 amide bonds. The fourth-order valence-electron chi connectivity index (χ4n) is 2.09. The largest absolute Gasteiger partial charge is 0.387 e. The van der Waals surface area contributed by atoms with E-state index in [9.17, 15) is 9.50 Å². The van der Waals surface area contributed by atoms with Gasteiger partial charge in [-0.15, -0.1) is 0 Å². The number of fused-ring (bicyclic) bond motifs is 1. The van der Waals surface area contributed by atoms with Crippen LogP contribution in [0.5, 0.6) is 0 Å². The van der Waals surface area contributed by atoms with Crippen molar-refractivity contribution < 1.29 is 9.50 Å². The van der Waals surface area contributed by atoms with Crippen molar-refractivity contribution in [3.05, 3.63) is 29.2 Å². The topological polar surface area (TPSA) is 60.9 Å². The smallest absolute Gasteiger partial charge is 0.125 e. The minimum atomic E-state index is -0.770. The van der Waals surface area contributed by atoms with Crippen LogP contribution >= 0.6 is 0 Å². The molecule has 0 saturated heterocycles. The predicted octanol–water partition coefficient (Wildman–Crippen LogP) is 2.43. The highest BCUT2D eigenvalue weighted by atomic mass is 19.1. The molecule has 0 fully saturated rings. The van der Waals surface area contributed by atoms with E-state index in [4.69, 9.17) is 0 Å². The Labute approximate surface area is 112 Å². The summed E-state index contributed by atoms with van der Waals surface area (Å²) in [5.41, 5.74) is 1.85. The van der Waals surface area contributed by atoms with Gasteiger partial charge in [0.2, 0.25) is 0 Å². The average molecular weight is 265 g/mol. The number of rotatable bonds is 3. The quantitative estimate of drug-likeness (QED) is 0.798. The second-order valence-electron chi connectivity index (χ2n) is 5.88. The normalized spacial score (nSPS) is 14.0. The molecule has 4 nitrogen and oxygen atoms in total.